The van der Waals surface area contributed by atoms with Crippen LogP contribution in [-0.4, -0.2) is 29.9 Å². The Kier molecular flexibility index (Phi) is 7.42. The Morgan fingerprint density at radius 2 is 2.12 bits per heavy atom. The number of carbonyl (C=O) groups excluding carboxylic acids is 1. The molecule has 0 saturated carbocycles. The molecule has 4 N–H and O–H groups in total. The van der Waals surface area contributed by atoms with Crippen molar-refractivity contribution < 1.29 is 35.4 Å². The number of imidazole rings is 1. The van der Waals surface area contributed by atoms with Gasteiger partial charge in [0.15, 0.2) is 0 Å². The summed E-state index contributed by atoms with van der Waals surface area (Å²) in [6.07, 6.45) is 5.85. The van der Waals surface area contributed by atoms with Gasteiger partial charge in [0.1, 0.15) is 18.1 Å². The molecule has 1 heterocycles. The molecule has 0 bridgehead atoms. The second kappa shape index (κ2) is 8.88. The van der Waals surface area contributed by atoms with Gasteiger partial charge in [-0.3, -0.25) is 10.0 Å². The lowest BCUT2D eigenvalue weighted by molar-refractivity contribution is -0.671. The normalized spacial score (nSPS) is 10.9. The molecular weight excluding hydrogens is 382 g/mol. The molecule has 0 unspecified atom stereocenters. The van der Waals surface area contributed by atoms with Crippen LogP contribution in [0.2, 0.25) is 0 Å². The first-order valence-electron chi connectivity index (χ1n) is 7.59. The van der Waals surface area contributed by atoms with E-state index in [0.717, 1.165) is 0 Å². The smallest absolute Gasteiger partial charge is 0.257 e. The van der Waals surface area contributed by atoms with Gasteiger partial charge in [0.05, 0.1) is 25.0 Å². The van der Waals surface area contributed by atoms with Crippen molar-refractivity contribution in [2.75, 3.05) is 21.3 Å². The van der Waals surface area contributed by atoms with Gasteiger partial charge in [0.2, 0.25) is 12.2 Å². The molecule has 0 fully saturated rings. The Labute approximate surface area is 158 Å². The van der Waals surface area contributed by atoms with Crippen LogP contribution in [-0.2, 0) is 28.4 Å². The second-order valence-electron chi connectivity index (χ2n) is 5.68. The van der Waals surface area contributed by atoms with Gasteiger partial charge in [-0.25, -0.2) is 17.6 Å². The highest BCUT2D eigenvalue weighted by atomic mass is 35.5. The highest BCUT2D eigenvalue weighted by Gasteiger charge is 2.23. The number of hydrogen-bond acceptors (Lipinski definition) is 5. The first kappa shape index (κ1) is 21.7. The van der Waals surface area contributed by atoms with E-state index in [2.05, 4.69) is 5.32 Å². The van der Waals surface area contributed by atoms with Crippen molar-refractivity contribution in [2.45, 2.75) is 19.9 Å². The van der Waals surface area contributed by atoms with Crippen molar-refractivity contribution in [2.24, 2.45) is 7.05 Å². The highest BCUT2D eigenvalue weighted by Crippen LogP contribution is 2.27. The number of nitrogen functional groups attached to an aromatic ring is 1. The summed E-state index contributed by atoms with van der Waals surface area (Å²) in [4.78, 5) is 11.0. The fraction of sp³-hybridized carbons (Fsp3) is 0.333. The summed E-state index contributed by atoms with van der Waals surface area (Å²) in [5.41, 5.74) is 6.19. The van der Waals surface area contributed by atoms with E-state index in [-0.39, 0.29) is 39.9 Å². The molecule has 144 valence electrons. The molecule has 1 aromatic heterocycles. The summed E-state index contributed by atoms with van der Waals surface area (Å²) in [6.45, 7) is 1.85. The standard InChI is InChI=1S/C15H21N5O4S.ClH/c1-12(21)17-13-4-5-15(14(16)10-13)20(22)25(23,24)9-3-6-19-8-7-18(2)11-19;/h4-5,7-8,10-11,22H,3,6,9,16H2,1-2H3;1H. The van der Waals surface area contributed by atoms with Crippen LogP contribution in [0.3, 0.4) is 0 Å². The molecule has 1 amide bonds. The Bertz CT molecular complexity index is 869. The van der Waals surface area contributed by atoms with Gasteiger partial charge in [-0.15, -0.1) is 4.47 Å². The number of rotatable bonds is 7. The zero-order valence-corrected chi connectivity index (χ0v) is 16.0. The van der Waals surface area contributed by atoms with Crippen molar-refractivity contribution in [1.82, 2.24) is 4.57 Å². The number of hydrogen-bond donors (Lipinski definition) is 3. The Balaban J connectivity index is 0.00000338. The van der Waals surface area contributed by atoms with Crippen LogP contribution in [0.5, 0.6) is 0 Å². The number of nitrogens with zero attached hydrogens (tertiary/aromatic N) is 3. The number of benzene rings is 1. The van der Waals surface area contributed by atoms with Crippen LogP contribution in [0.15, 0.2) is 36.9 Å². The second-order valence-corrected chi connectivity index (χ2v) is 7.60. The summed E-state index contributed by atoms with van der Waals surface area (Å²) in [7, 11) is -2.06. The molecule has 1 aromatic carbocycles. The van der Waals surface area contributed by atoms with Crippen LogP contribution < -0.4 is 32.5 Å². The summed E-state index contributed by atoms with van der Waals surface area (Å²) in [5.74, 6) is -0.516. The van der Waals surface area contributed by atoms with Crippen molar-refractivity contribution in [3.63, 3.8) is 0 Å². The minimum Gasteiger partial charge on any atom is -1.00 e. The summed E-state index contributed by atoms with van der Waals surface area (Å²) in [6, 6.07) is 4.19. The summed E-state index contributed by atoms with van der Waals surface area (Å²) in [5, 5.41) is 12.6. The lowest BCUT2D eigenvalue weighted by Gasteiger charge is -2.19. The van der Waals surface area contributed by atoms with Crippen LogP contribution in [0.1, 0.15) is 13.3 Å². The molecular formula is C15H22ClN5O4S. The molecule has 2 rings (SSSR count). The molecule has 2 aromatic rings. The van der Waals surface area contributed by atoms with Crippen molar-refractivity contribution in [1.29, 1.82) is 0 Å². The van der Waals surface area contributed by atoms with Gasteiger partial charge in [-0.1, -0.05) is 0 Å². The molecule has 0 aliphatic heterocycles. The van der Waals surface area contributed by atoms with E-state index in [4.69, 9.17) is 5.73 Å². The fourth-order valence-corrected chi connectivity index (χ4v) is 3.44. The Hall–Kier alpha value is -2.30. The minimum absolute atomic E-state index is 0. The van der Waals surface area contributed by atoms with E-state index in [1.54, 1.807) is 0 Å². The monoisotopic (exact) mass is 403 g/mol. The van der Waals surface area contributed by atoms with E-state index >= 15 is 0 Å². The zero-order chi connectivity index (χ0) is 18.6. The van der Waals surface area contributed by atoms with Gasteiger partial charge < -0.3 is 23.5 Å². The van der Waals surface area contributed by atoms with Crippen LogP contribution in [0, 0.1) is 0 Å². The van der Waals surface area contributed by atoms with E-state index in [1.807, 2.05) is 34.9 Å². The fourth-order valence-electron chi connectivity index (χ4n) is 2.31. The molecule has 0 aliphatic rings. The third kappa shape index (κ3) is 5.61. The SMILES string of the molecule is CC(=O)Nc1ccc(N(O)S(=O)(=O)CCCn2cc[n+](C)c2)c(N)c1.[Cl-]. The zero-order valence-electron chi connectivity index (χ0n) is 14.5. The predicted molar refractivity (Wildman–Crippen MR) is 93.4 cm³/mol. The number of halogens is 1. The first-order chi connectivity index (χ1) is 11.7. The van der Waals surface area contributed by atoms with Crippen LogP contribution >= 0.6 is 0 Å². The quantitative estimate of drug-likeness (QED) is 0.267. The number of nitrogens with two attached hydrogens (primary N) is 1. The lowest BCUT2D eigenvalue weighted by atomic mass is 10.2. The molecule has 11 heteroatoms. The topological polar surface area (TPSA) is 122 Å². The lowest BCUT2D eigenvalue weighted by Crippen LogP contribution is -3.00. The molecule has 0 atom stereocenters. The van der Waals surface area contributed by atoms with Crippen LogP contribution in [0.25, 0.3) is 0 Å². The van der Waals surface area contributed by atoms with Gasteiger partial charge in [0.25, 0.3) is 10.0 Å². The average Bonchev–Trinajstić information content (AvgIpc) is 2.91. The van der Waals surface area contributed by atoms with Crippen molar-refractivity contribution in [3.8, 4) is 0 Å². The largest absolute Gasteiger partial charge is 1.00 e. The Morgan fingerprint density at radius 3 is 2.65 bits per heavy atom. The van der Waals surface area contributed by atoms with E-state index in [9.17, 15) is 18.4 Å². The molecule has 0 spiro atoms. The number of amides is 1. The number of anilines is 3. The number of carbonyl (C=O) groups is 1. The summed E-state index contributed by atoms with van der Waals surface area (Å²) >= 11 is 0. The highest BCUT2D eigenvalue weighted by molar-refractivity contribution is 7.92. The predicted octanol–water partition coefficient (Wildman–Crippen LogP) is -2.53. The molecule has 0 saturated heterocycles. The first-order valence-corrected chi connectivity index (χ1v) is 9.20. The van der Waals surface area contributed by atoms with Gasteiger partial charge in [-0.2, -0.15) is 0 Å². The maximum atomic E-state index is 12.3. The number of nitrogens with one attached hydrogen (secondary N) is 1. The van der Waals surface area contributed by atoms with Crippen molar-refractivity contribution in [3.05, 3.63) is 36.9 Å². The van der Waals surface area contributed by atoms with Gasteiger partial charge >= 0.3 is 0 Å². The number of aryl methyl sites for hydroxylation is 2. The van der Waals surface area contributed by atoms with E-state index < -0.39 is 10.0 Å². The van der Waals surface area contributed by atoms with Crippen molar-refractivity contribution >= 4 is 33.0 Å². The summed E-state index contributed by atoms with van der Waals surface area (Å²) < 4.78 is 28.5. The molecule has 26 heavy (non-hydrogen) atoms. The maximum Gasteiger partial charge on any atom is 0.257 e. The average molecular weight is 404 g/mol. The number of sulfonamides is 1. The Morgan fingerprint density at radius 1 is 1.42 bits per heavy atom. The third-order valence-electron chi connectivity index (χ3n) is 3.46. The third-order valence-corrected chi connectivity index (χ3v) is 4.99. The van der Waals surface area contributed by atoms with Gasteiger partial charge in [0, 0.05) is 19.0 Å². The maximum absolute atomic E-state index is 12.3. The van der Waals surface area contributed by atoms with E-state index in [1.165, 1.54) is 25.1 Å². The minimum atomic E-state index is -3.93. The molecule has 0 radical (unpaired) electrons. The van der Waals surface area contributed by atoms with E-state index in [0.29, 0.717) is 18.7 Å². The van der Waals surface area contributed by atoms with Crippen LogP contribution in [0.4, 0.5) is 17.1 Å². The number of aromatic nitrogens is 2. The van der Waals surface area contributed by atoms with Gasteiger partial charge in [-0.05, 0) is 18.2 Å². The molecule has 0 aliphatic carbocycles. The molecule has 9 nitrogen and oxygen atoms in total.